The number of benzene rings is 1. The molecule has 1 fully saturated rings. The zero-order valence-corrected chi connectivity index (χ0v) is 12.5. The number of nitrogens with zero attached hydrogens (tertiary/aromatic N) is 2. The van der Waals surface area contributed by atoms with E-state index < -0.39 is 11.6 Å². The molecule has 2 amide bonds. The first kappa shape index (κ1) is 15.4. The molecular formula is C17H17F2N3O. The molecule has 0 bridgehead atoms. The minimum absolute atomic E-state index is 0.0214. The van der Waals surface area contributed by atoms with Crippen LogP contribution in [0.1, 0.15) is 30.9 Å². The predicted octanol–water partition coefficient (Wildman–Crippen LogP) is 4.12. The zero-order valence-electron chi connectivity index (χ0n) is 12.5. The average Bonchev–Trinajstić information content (AvgIpc) is 2.58. The number of hydrogen-bond acceptors (Lipinski definition) is 2. The first-order valence-corrected chi connectivity index (χ1v) is 7.58. The summed E-state index contributed by atoms with van der Waals surface area (Å²) in [5.41, 5.74) is 0.939. The molecule has 0 aliphatic carbocycles. The molecule has 2 aromatic rings. The van der Waals surface area contributed by atoms with Crippen molar-refractivity contribution in [1.29, 1.82) is 0 Å². The SMILES string of the molecule is O=C(Nc1ccc(F)cc1F)N1CCCC[C@@H]1c1cccnc1. The molecule has 0 unspecified atom stereocenters. The summed E-state index contributed by atoms with van der Waals surface area (Å²) in [6.45, 7) is 0.591. The van der Waals surface area contributed by atoms with E-state index in [1.54, 1.807) is 17.3 Å². The van der Waals surface area contributed by atoms with Gasteiger partial charge in [0.25, 0.3) is 0 Å². The molecule has 1 aromatic carbocycles. The second-order valence-corrected chi connectivity index (χ2v) is 5.55. The van der Waals surface area contributed by atoms with E-state index in [1.807, 2.05) is 12.1 Å². The number of rotatable bonds is 2. The molecular weight excluding hydrogens is 300 g/mol. The molecule has 1 saturated heterocycles. The quantitative estimate of drug-likeness (QED) is 0.905. The van der Waals surface area contributed by atoms with Crippen molar-refractivity contribution < 1.29 is 13.6 Å². The topological polar surface area (TPSA) is 45.2 Å². The number of carbonyl (C=O) groups excluding carboxylic acids is 1. The maximum Gasteiger partial charge on any atom is 0.322 e. The van der Waals surface area contributed by atoms with Crippen molar-refractivity contribution in [2.45, 2.75) is 25.3 Å². The first-order valence-electron chi connectivity index (χ1n) is 7.58. The van der Waals surface area contributed by atoms with Crippen LogP contribution in [0.25, 0.3) is 0 Å². The van der Waals surface area contributed by atoms with Crippen molar-refractivity contribution in [3.8, 4) is 0 Å². The van der Waals surface area contributed by atoms with Crippen molar-refractivity contribution in [3.05, 3.63) is 59.9 Å². The number of piperidine rings is 1. The summed E-state index contributed by atoms with van der Waals surface area (Å²) in [6.07, 6.45) is 6.19. The Balaban J connectivity index is 1.79. The highest BCUT2D eigenvalue weighted by Crippen LogP contribution is 2.31. The van der Waals surface area contributed by atoms with Crippen molar-refractivity contribution in [3.63, 3.8) is 0 Å². The van der Waals surface area contributed by atoms with E-state index in [0.717, 1.165) is 37.0 Å². The normalized spacial score (nSPS) is 17.8. The van der Waals surface area contributed by atoms with Gasteiger partial charge in [-0.05, 0) is 43.0 Å². The third-order valence-electron chi connectivity index (χ3n) is 4.01. The lowest BCUT2D eigenvalue weighted by atomic mass is 9.97. The van der Waals surface area contributed by atoms with Crippen LogP contribution in [0.4, 0.5) is 19.3 Å². The number of halogens is 2. The van der Waals surface area contributed by atoms with Gasteiger partial charge in [-0.15, -0.1) is 0 Å². The average molecular weight is 317 g/mol. The Labute approximate surface area is 133 Å². The molecule has 0 saturated carbocycles. The molecule has 1 aromatic heterocycles. The lowest BCUT2D eigenvalue weighted by Gasteiger charge is -2.35. The molecule has 0 spiro atoms. The fourth-order valence-electron chi connectivity index (χ4n) is 2.87. The Morgan fingerprint density at radius 2 is 2.13 bits per heavy atom. The number of urea groups is 1. The summed E-state index contributed by atoms with van der Waals surface area (Å²) in [5, 5.41) is 2.53. The monoisotopic (exact) mass is 317 g/mol. The summed E-state index contributed by atoms with van der Waals surface area (Å²) in [7, 11) is 0. The number of amides is 2. The third kappa shape index (κ3) is 3.47. The Morgan fingerprint density at radius 1 is 1.26 bits per heavy atom. The van der Waals surface area contributed by atoms with Crippen LogP contribution in [0.15, 0.2) is 42.7 Å². The fraction of sp³-hybridized carbons (Fsp3) is 0.294. The third-order valence-corrected chi connectivity index (χ3v) is 4.01. The molecule has 6 heteroatoms. The standard InChI is InChI=1S/C17H17F2N3O/c18-13-6-7-15(14(19)10-13)21-17(23)22-9-2-1-5-16(22)12-4-3-8-20-11-12/h3-4,6-8,10-11,16H,1-2,5,9H2,(H,21,23)/t16-/m1/s1. The summed E-state index contributed by atoms with van der Waals surface area (Å²) in [5.74, 6) is -1.46. The maximum atomic E-state index is 13.7. The van der Waals surface area contributed by atoms with E-state index in [4.69, 9.17) is 0 Å². The number of pyridine rings is 1. The van der Waals surface area contributed by atoms with Gasteiger partial charge in [-0.25, -0.2) is 13.6 Å². The molecule has 23 heavy (non-hydrogen) atoms. The lowest BCUT2D eigenvalue weighted by Crippen LogP contribution is -2.41. The molecule has 1 N–H and O–H groups in total. The van der Waals surface area contributed by atoms with Crippen LogP contribution < -0.4 is 5.32 Å². The molecule has 3 rings (SSSR count). The number of nitrogens with one attached hydrogen (secondary N) is 1. The number of hydrogen-bond donors (Lipinski definition) is 1. The van der Waals surface area contributed by atoms with Gasteiger partial charge in [-0.2, -0.15) is 0 Å². The number of carbonyl (C=O) groups is 1. The van der Waals surface area contributed by atoms with Gasteiger partial charge in [-0.1, -0.05) is 6.07 Å². The highest BCUT2D eigenvalue weighted by molar-refractivity contribution is 5.89. The molecule has 1 aliphatic rings. The largest absolute Gasteiger partial charge is 0.322 e. The predicted molar refractivity (Wildman–Crippen MR) is 82.9 cm³/mol. The van der Waals surface area contributed by atoms with Crippen LogP contribution in [0.5, 0.6) is 0 Å². The van der Waals surface area contributed by atoms with Gasteiger partial charge in [0, 0.05) is 25.0 Å². The zero-order chi connectivity index (χ0) is 16.2. The van der Waals surface area contributed by atoms with E-state index in [0.29, 0.717) is 6.54 Å². The van der Waals surface area contributed by atoms with E-state index in [9.17, 15) is 13.6 Å². The molecule has 1 aliphatic heterocycles. The van der Waals surface area contributed by atoms with Crippen LogP contribution in [-0.2, 0) is 0 Å². The number of aromatic nitrogens is 1. The number of anilines is 1. The molecule has 0 radical (unpaired) electrons. The van der Waals surface area contributed by atoms with Crippen molar-refractivity contribution in [2.24, 2.45) is 0 Å². The Hall–Kier alpha value is -2.50. The fourth-order valence-corrected chi connectivity index (χ4v) is 2.87. The van der Waals surface area contributed by atoms with Gasteiger partial charge < -0.3 is 10.2 Å². The van der Waals surface area contributed by atoms with Crippen LogP contribution >= 0.6 is 0 Å². The Kier molecular flexibility index (Phi) is 4.50. The minimum Gasteiger partial charge on any atom is -0.317 e. The second-order valence-electron chi connectivity index (χ2n) is 5.55. The van der Waals surface area contributed by atoms with E-state index in [2.05, 4.69) is 10.3 Å². The van der Waals surface area contributed by atoms with E-state index in [1.165, 1.54) is 6.07 Å². The van der Waals surface area contributed by atoms with Crippen LogP contribution in [0.2, 0.25) is 0 Å². The molecule has 1 atom stereocenters. The van der Waals surface area contributed by atoms with Crippen molar-refractivity contribution >= 4 is 11.7 Å². The molecule has 4 nitrogen and oxygen atoms in total. The first-order chi connectivity index (χ1) is 11.1. The van der Waals surface area contributed by atoms with Crippen molar-refractivity contribution in [1.82, 2.24) is 9.88 Å². The molecule has 120 valence electrons. The van der Waals surface area contributed by atoms with E-state index in [-0.39, 0.29) is 17.8 Å². The lowest BCUT2D eigenvalue weighted by molar-refractivity contribution is 0.163. The van der Waals surface area contributed by atoms with Gasteiger partial charge in [-0.3, -0.25) is 4.98 Å². The molecule has 2 heterocycles. The van der Waals surface area contributed by atoms with Gasteiger partial charge >= 0.3 is 6.03 Å². The second kappa shape index (κ2) is 6.73. The summed E-state index contributed by atoms with van der Waals surface area (Å²) >= 11 is 0. The summed E-state index contributed by atoms with van der Waals surface area (Å²) in [4.78, 5) is 18.3. The van der Waals surface area contributed by atoms with Gasteiger partial charge in [0.2, 0.25) is 0 Å². The van der Waals surface area contributed by atoms with E-state index >= 15 is 0 Å². The van der Waals surface area contributed by atoms with Gasteiger partial charge in [0.05, 0.1) is 11.7 Å². The summed E-state index contributed by atoms with van der Waals surface area (Å²) in [6, 6.07) is 6.40. The minimum atomic E-state index is -0.784. The highest BCUT2D eigenvalue weighted by Gasteiger charge is 2.28. The van der Waals surface area contributed by atoms with Gasteiger partial charge in [0.15, 0.2) is 0 Å². The Bertz CT molecular complexity index is 693. The Morgan fingerprint density at radius 3 is 2.87 bits per heavy atom. The maximum absolute atomic E-state index is 13.7. The highest BCUT2D eigenvalue weighted by atomic mass is 19.1. The van der Waals surface area contributed by atoms with Crippen LogP contribution in [0.3, 0.4) is 0 Å². The smallest absolute Gasteiger partial charge is 0.317 e. The van der Waals surface area contributed by atoms with Crippen LogP contribution in [-0.4, -0.2) is 22.5 Å². The summed E-state index contributed by atoms with van der Waals surface area (Å²) < 4.78 is 26.7. The number of likely N-dealkylation sites (tertiary alicyclic amines) is 1. The van der Waals surface area contributed by atoms with Crippen molar-refractivity contribution in [2.75, 3.05) is 11.9 Å². The van der Waals surface area contributed by atoms with Crippen LogP contribution in [0, 0.1) is 11.6 Å². The van der Waals surface area contributed by atoms with Gasteiger partial charge in [0.1, 0.15) is 11.6 Å².